The van der Waals surface area contributed by atoms with E-state index in [9.17, 15) is 0 Å². The highest BCUT2D eigenvalue weighted by molar-refractivity contribution is 5.69. The monoisotopic (exact) mass is 204 g/mol. The molecule has 0 spiro atoms. The predicted octanol–water partition coefficient (Wildman–Crippen LogP) is 0.581. The van der Waals surface area contributed by atoms with Gasteiger partial charge in [0, 0.05) is 5.69 Å². The van der Waals surface area contributed by atoms with E-state index in [1.54, 1.807) is 12.1 Å². The molecule has 1 aromatic heterocycles. The van der Waals surface area contributed by atoms with Gasteiger partial charge in [0.25, 0.3) is 0 Å². The Bertz CT molecular complexity index is 436. The van der Waals surface area contributed by atoms with Crippen molar-refractivity contribution in [1.82, 2.24) is 15.2 Å². The maximum absolute atomic E-state index is 5.67. The van der Waals surface area contributed by atoms with Gasteiger partial charge in [0.05, 0.1) is 17.9 Å². The molecule has 0 aliphatic rings. The third kappa shape index (κ3) is 2.16. The molecule has 0 amide bonds. The molecule has 15 heavy (non-hydrogen) atoms. The number of nitrogens with two attached hydrogens (primary N) is 2. The molecule has 0 atom stereocenters. The Morgan fingerprint density at radius 3 is 2.80 bits per heavy atom. The lowest BCUT2D eigenvalue weighted by atomic mass is 10.2. The molecule has 0 aliphatic heterocycles. The minimum Gasteiger partial charge on any atom is -0.397 e. The Balaban J connectivity index is 2.02. The third-order valence-electron chi connectivity index (χ3n) is 2.01. The van der Waals surface area contributed by atoms with Gasteiger partial charge in [0.1, 0.15) is 12.2 Å². The summed E-state index contributed by atoms with van der Waals surface area (Å²) in [6.45, 7) is 0.573. The van der Waals surface area contributed by atoms with Crippen LogP contribution in [0.2, 0.25) is 0 Å². The van der Waals surface area contributed by atoms with E-state index in [-0.39, 0.29) is 0 Å². The lowest BCUT2D eigenvalue weighted by Gasteiger charge is -2.06. The van der Waals surface area contributed by atoms with Crippen molar-refractivity contribution in [2.45, 2.75) is 6.54 Å². The van der Waals surface area contributed by atoms with E-state index < -0.39 is 0 Å². The van der Waals surface area contributed by atoms with Crippen molar-refractivity contribution < 1.29 is 0 Å². The van der Waals surface area contributed by atoms with Crippen molar-refractivity contribution >= 4 is 17.1 Å². The zero-order valence-electron chi connectivity index (χ0n) is 8.07. The Hall–Kier alpha value is -2.24. The number of hydrogen-bond donors (Lipinski definition) is 4. The number of rotatable bonds is 3. The number of nitrogen functional groups attached to an aromatic ring is 2. The molecule has 0 unspecified atom stereocenters. The summed E-state index contributed by atoms with van der Waals surface area (Å²) in [6.07, 6.45) is 1.47. The molecule has 0 radical (unpaired) electrons. The van der Waals surface area contributed by atoms with Gasteiger partial charge in [-0.2, -0.15) is 5.10 Å². The fourth-order valence-corrected chi connectivity index (χ4v) is 1.19. The molecule has 6 heteroatoms. The SMILES string of the molecule is Nc1ccc(NCc2ncn[nH]2)cc1N. The summed E-state index contributed by atoms with van der Waals surface area (Å²) in [7, 11) is 0. The van der Waals surface area contributed by atoms with Crippen LogP contribution in [-0.4, -0.2) is 15.2 Å². The summed E-state index contributed by atoms with van der Waals surface area (Å²) in [5, 5.41) is 9.64. The van der Waals surface area contributed by atoms with E-state index in [1.165, 1.54) is 6.33 Å². The van der Waals surface area contributed by atoms with Crippen molar-refractivity contribution in [3.63, 3.8) is 0 Å². The summed E-state index contributed by atoms with van der Waals surface area (Å²) < 4.78 is 0. The second-order valence-electron chi connectivity index (χ2n) is 3.13. The minimum atomic E-state index is 0.567. The highest BCUT2D eigenvalue weighted by atomic mass is 15.2. The average Bonchev–Trinajstić information content (AvgIpc) is 2.73. The zero-order valence-corrected chi connectivity index (χ0v) is 8.07. The molecule has 2 rings (SSSR count). The van der Waals surface area contributed by atoms with Crippen molar-refractivity contribution in [2.24, 2.45) is 0 Å². The fourth-order valence-electron chi connectivity index (χ4n) is 1.19. The van der Waals surface area contributed by atoms with Gasteiger partial charge < -0.3 is 16.8 Å². The van der Waals surface area contributed by atoms with Crippen molar-refractivity contribution in [3.05, 3.63) is 30.4 Å². The van der Waals surface area contributed by atoms with E-state index in [2.05, 4.69) is 20.5 Å². The maximum atomic E-state index is 5.67. The number of nitrogens with zero attached hydrogens (tertiary/aromatic N) is 2. The Morgan fingerprint density at radius 1 is 1.27 bits per heavy atom. The van der Waals surface area contributed by atoms with Gasteiger partial charge in [-0.1, -0.05) is 0 Å². The first-order chi connectivity index (χ1) is 7.25. The molecule has 0 saturated heterocycles. The van der Waals surface area contributed by atoms with E-state index in [1.807, 2.05) is 6.07 Å². The highest BCUT2D eigenvalue weighted by Gasteiger charge is 1.98. The normalized spacial score (nSPS) is 10.1. The molecule has 1 heterocycles. The van der Waals surface area contributed by atoms with Crippen LogP contribution in [0.25, 0.3) is 0 Å². The second kappa shape index (κ2) is 3.87. The molecule has 6 N–H and O–H groups in total. The Kier molecular flexibility index (Phi) is 2.40. The first kappa shape index (κ1) is 9.32. The second-order valence-corrected chi connectivity index (χ2v) is 3.13. The number of nitrogens with one attached hydrogen (secondary N) is 2. The Morgan fingerprint density at radius 2 is 2.13 bits per heavy atom. The predicted molar refractivity (Wildman–Crippen MR) is 59.0 cm³/mol. The topological polar surface area (TPSA) is 106 Å². The summed E-state index contributed by atoms with van der Waals surface area (Å²) in [5.74, 6) is 0.769. The molecule has 1 aromatic carbocycles. The first-order valence-corrected chi connectivity index (χ1v) is 4.49. The maximum Gasteiger partial charge on any atom is 0.143 e. The van der Waals surface area contributed by atoms with Crippen molar-refractivity contribution in [1.29, 1.82) is 0 Å². The zero-order chi connectivity index (χ0) is 10.7. The molecule has 0 saturated carbocycles. The Labute approximate surface area is 86.7 Å². The van der Waals surface area contributed by atoms with Crippen LogP contribution in [0, 0.1) is 0 Å². The number of benzene rings is 1. The number of hydrogen-bond acceptors (Lipinski definition) is 5. The number of aromatic amines is 1. The molecular weight excluding hydrogens is 192 g/mol. The van der Waals surface area contributed by atoms with Gasteiger partial charge in [-0.25, -0.2) is 4.98 Å². The van der Waals surface area contributed by atoms with Gasteiger partial charge in [-0.05, 0) is 18.2 Å². The summed E-state index contributed by atoms with van der Waals surface area (Å²) in [6, 6.07) is 5.41. The number of anilines is 3. The van der Waals surface area contributed by atoms with Crippen LogP contribution in [-0.2, 0) is 6.54 Å². The van der Waals surface area contributed by atoms with Gasteiger partial charge in [-0.3, -0.25) is 5.10 Å². The van der Waals surface area contributed by atoms with E-state index >= 15 is 0 Å². The van der Waals surface area contributed by atoms with E-state index in [0.717, 1.165) is 11.5 Å². The van der Waals surface area contributed by atoms with Crippen LogP contribution in [0.5, 0.6) is 0 Å². The average molecular weight is 204 g/mol. The van der Waals surface area contributed by atoms with Crippen LogP contribution in [0.3, 0.4) is 0 Å². The molecule has 0 fully saturated rings. The highest BCUT2D eigenvalue weighted by Crippen LogP contribution is 2.19. The van der Waals surface area contributed by atoms with Crippen LogP contribution in [0.15, 0.2) is 24.5 Å². The minimum absolute atomic E-state index is 0.567. The van der Waals surface area contributed by atoms with E-state index in [4.69, 9.17) is 11.5 Å². The van der Waals surface area contributed by atoms with Gasteiger partial charge in [0.15, 0.2) is 0 Å². The molecule has 6 nitrogen and oxygen atoms in total. The van der Waals surface area contributed by atoms with Crippen molar-refractivity contribution in [2.75, 3.05) is 16.8 Å². The van der Waals surface area contributed by atoms with Gasteiger partial charge >= 0.3 is 0 Å². The lowest BCUT2D eigenvalue weighted by molar-refractivity contribution is 0.955. The van der Waals surface area contributed by atoms with E-state index in [0.29, 0.717) is 17.9 Å². The fraction of sp³-hybridized carbons (Fsp3) is 0.111. The van der Waals surface area contributed by atoms with Crippen LogP contribution in [0.4, 0.5) is 17.1 Å². The molecule has 78 valence electrons. The first-order valence-electron chi connectivity index (χ1n) is 4.49. The third-order valence-corrected chi connectivity index (χ3v) is 2.01. The standard InChI is InChI=1S/C9H12N6/c10-7-2-1-6(3-8(7)11)12-4-9-13-5-14-15-9/h1-3,5,12H,4,10-11H2,(H,13,14,15). The smallest absolute Gasteiger partial charge is 0.143 e. The lowest BCUT2D eigenvalue weighted by Crippen LogP contribution is -2.02. The summed E-state index contributed by atoms with van der Waals surface area (Å²) in [4.78, 5) is 3.99. The van der Waals surface area contributed by atoms with Crippen LogP contribution in [0.1, 0.15) is 5.82 Å². The number of H-pyrrole nitrogens is 1. The molecule has 2 aromatic rings. The van der Waals surface area contributed by atoms with Gasteiger partial charge in [0.2, 0.25) is 0 Å². The summed E-state index contributed by atoms with van der Waals surface area (Å²) in [5.41, 5.74) is 13.3. The largest absolute Gasteiger partial charge is 0.397 e. The quantitative estimate of drug-likeness (QED) is 0.547. The molecular formula is C9H12N6. The van der Waals surface area contributed by atoms with Crippen molar-refractivity contribution in [3.8, 4) is 0 Å². The summed E-state index contributed by atoms with van der Waals surface area (Å²) >= 11 is 0. The molecule has 0 aliphatic carbocycles. The van der Waals surface area contributed by atoms with Crippen LogP contribution >= 0.6 is 0 Å². The van der Waals surface area contributed by atoms with Crippen LogP contribution < -0.4 is 16.8 Å². The number of aromatic nitrogens is 3. The van der Waals surface area contributed by atoms with Gasteiger partial charge in [-0.15, -0.1) is 0 Å². The molecule has 0 bridgehead atoms.